The molecule has 0 fully saturated rings. The number of hydrogen-bond donors (Lipinski definition) is 1. The second-order valence-corrected chi connectivity index (χ2v) is 4.01. The third-order valence-electron chi connectivity index (χ3n) is 2.76. The molecule has 0 aliphatic heterocycles. The van der Waals surface area contributed by atoms with Crippen molar-refractivity contribution < 1.29 is 14.6 Å². The Morgan fingerprint density at radius 2 is 1.74 bits per heavy atom. The van der Waals surface area contributed by atoms with Crippen molar-refractivity contribution in [1.29, 1.82) is 0 Å². The first kappa shape index (κ1) is 13.0. The SMILES string of the molecule is COc1cccc(C=Cc2cccc(O)c2)c1OC. The molecule has 2 aromatic carbocycles. The van der Waals surface area contributed by atoms with Gasteiger partial charge in [0.15, 0.2) is 11.5 Å². The Morgan fingerprint density at radius 1 is 0.947 bits per heavy atom. The molecule has 2 aromatic rings. The maximum Gasteiger partial charge on any atom is 0.167 e. The summed E-state index contributed by atoms with van der Waals surface area (Å²) in [6.45, 7) is 0. The number of aromatic hydroxyl groups is 1. The van der Waals surface area contributed by atoms with Crippen molar-refractivity contribution >= 4 is 12.2 Å². The highest BCUT2D eigenvalue weighted by molar-refractivity contribution is 5.74. The van der Waals surface area contributed by atoms with Gasteiger partial charge in [-0.15, -0.1) is 0 Å². The first-order chi connectivity index (χ1) is 9.24. The third-order valence-corrected chi connectivity index (χ3v) is 2.76. The molecular weight excluding hydrogens is 240 g/mol. The lowest BCUT2D eigenvalue weighted by atomic mass is 10.1. The van der Waals surface area contributed by atoms with Gasteiger partial charge in [-0.05, 0) is 23.8 Å². The number of ether oxygens (including phenoxy) is 2. The van der Waals surface area contributed by atoms with Crippen LogP contribution in [0, 0.1) is 0 Å². The number of hydrogen-bond acceptors (Lipinski definition) is 3. The van der Waals surface area contributed by atoms with Gasteiger partial charge in [0.05, 0.1) is 14.2 Å². The van der Waals surface area contributed by atoms with Gasteiger partial charge in [0.2, 0.25) is 0 Å². The third kappa shape index (κ3) is 3.07. The molecule has 0 unspecified atom stereocenters. The largest absolute Gasteiger partial charge is 0.508 e. The summed E-state index contributed by atoms with van der Waals surface area (Å²) in [5, 5.41) is 9.41. The Labute approximate surface area is 112 Å². The normalized spacial score (nSPS) is 10.6. The van der Waals surface area contributed by atoms with Crippen LogP contribution in [0.4, 0.5) is 0 Å². The van der Waals surface area contributed by atoms with E-state index in [2.05, 4.69) is 0 Å². The van der Waals surface area contributed by atoms with E-state index >= 15 is 0 Å². The molecule has 98 valence electrons. The van der Waals surface area contributed by atoms with Crippen LogP contribution in [0.3, 0.4) is 0 Å². The molecule has 0 amide bonds. The van der Waals surface area contributed by atoms with Crippen molar-refractivity contribution in [3.8, 4) is 17.2 Å². The molecule has 1 N–H and O–H groups in total. The lowest BCUT2D eigenvalue weighted by Gasteiger charge is -2.09. The molecule has 3 nitrogen and oxygen atoms in total. The van der Waals surface area contributed by atoms with Gasteiger partial charge < -0.3 is 14.6 Å². The van der Waals surface area contributed by atoms with Gasteiger partial charge in [-0.3, -0.25) is 0 Å². The van der Waals surface area contributed by atoms with Crippen LogP contribution in [-0.4, -0.2) is 19.3 Å². The van der Waals surface area contributed by atoms with Crippen molar-refractivity contribution in [3.05, 3.63) is 53.6 Å². The standard InChI is InChI=1S/C16H16O3/c1-18-15-8-4-6-13(16(15)19-2)10-9-12-5-3-7-14(17)11-12/h3-11,17H,1-2H3. The summed E-state index contributed by atoms with van der Waals surface area (Å²) >= 11 is 0. The molecule has 2 rings (SSSR count). The summed E-state index contributed by atoms with van der Waals surface area (Å²) < 4.78 is 10.6. The fourth-order valence-electron chi connectivity index (χ4n) is 1.86. The second kappa shape index (κ2) is 5.96. The monoisotopic (exact) mass is 256 g/mol. The highest BCUT2D eigenvalue weighted by atomic mass is 16.5. The number of methoxy groups -OCH3 is 2. The smallest absolute Gasteiger partial charge is 0.167 e. The molecule has 0 aliphatic rings. The number of benzene rings is 2. The van der Waals surface area contributed by atoms with Gasteiger partial charge >= 0.3 is 0 Å². The Balaban J connectivity index is 2.33. The van der Waals surface area contributed by atoms with Gasteiger partial charge in [0.25, 0.3) is 0 Å². The molecule has 0 spiro atoms. The van der Waals surface area contributed by atoms with Crippen molar-refractivity contribution in [2.45, 2.75) is 0 Å². The van der Waals surface area contributed by atoms with Gasteiger partial charge in [0, 0.05) is 5.56 Å². The van der Waals surface area contributed by atoms with Crippen LogP contribution in [0.5, 0.6) is 17.2 Å². The summed E-state index contributed by atoms with van der Waals surface area (Å²) in [7, 11) is 3.23. The summed E-state index contributed by atoms with van der Waals surface area (Å²) in [5.74, 6) is 1.64. The predicted octanol–water partition coefficient (Wildman–Crippen LogP) is 3.58. The highest BCUT2D eigenvalue weighted by Gasteiger charge is 2.06. The van der Waals surface area contributed by atoms with E-state index in [1.54, 1.807) is 32.4 Å². The Kier molecular flexibility index (Phi) is 4.08. The lowest BCUT2D eigenvalue weighted by molar-refractivity contribution is 0.354. The molecule has 19 heavy (non-hydrogen) atoms. The van der Waals surface area contributed by atoms with E-state index in [9.17, 15) is 5.11 Å². The van der Waals surface area contributed by atoms with Crippen LogP contribution in [0.2, 0.25) is 0 Å². The zero-order valence-corrected chi connectivity index (χ0v) is 11.0. The average Bonchev–Trinajstić information content (AvgIpc) is 2.44. The van der Waals surface area contributed by atoms with Crippen molar-refractivity contribution in [1.82, 2.24) is 0 Å². The molecular formula is C16H16O3. The summed E-state index contributed by atoms with van der Waals surface area (Å²) in [5.41, 5.74) is 1.84. The summed E-state index contributed by atoms with van der Waals surface area (Å²) in [6.07, 6.45) is 3.84. The summed E-state index contributed by atoms with van der Waals surface area (Å²) in [6, 6.07) is 12.8. The molecule has 0 heterocycles. The van der Waals surface area contributed by atoms with Crippen molar-refractivity contribution in [3.63, 3.8) is 0 Å². The lowest BCUT2D eigenvalue weighted by Crippen LogP contribution is -1.92. The topological polar surface area (TPSA) is 38.7 Å². The quantitative estimate of drug-likeness (QED) is 0.850. The van der Waals surface area contributed by atoms with E-state index in [4.69, 9.17) is 9.47 Å². The fourth-order valence-corrected chi connectivity index (χ4v) is 1.86. The second-order valence-electron chi connectivity index (χ2n) is 4.01. The van der Waals surface area contributed by atoms with Crippen LogP contribution in [0.25, 0.3) is 12.2 Å². The van der Waals surface area contributed by atoms with Crippen LogP contribution < -0.4 is 9.47 Å². The van der Waals surface area contributed by atoms with E-state index in [1.165, 1.54) is 0 Å². The zero-order valence-electron chi connectivity index (χ0n) is 11.0. The Morgan fingerprint density at radius 3 is 2.42 bits per heavy atom. The maximum atomic E-state index is 9.41. The van der Waals surface area contributed by atoms with E-state index in [0.29, 0.717) is 11.5 Å². The van der Waals surface area contributed by atoms with Crippen LogP contribution in [0.15, 0.2) is 42.5 Å². The van der Waals surface area contributed by atoms with Crippen molar-refractivity contribution in [2.24, 2.45) is 0 Å². The molecule has 0 aromatic heterocycles. The van der Waals surface area contributed by atoms with Crippen LogP contribution >= 0.6 is 0 Å². The molecule has 3 heteroatoms. The first-order valence-corrected chi connectivity index (χ1v) is 5.92. The first-order valence-electron chi connectivity index (χ1n) is 5.92. The summed E-state index contributed by atoms with van der Waals surface area (Å²) in [4.78, 5) is 0. The van der Waals surface area contributed by atoms with E-state index in [1.807, 2.05) is 36.4 Å². The minimum Gasteiger partial charge on any atom is -0.508 e. The van der Waals surface area contributed by atoms with Crippen LogP contribution in [-0.2, 0) is 0 Å². The Hall–Kier alpha value is -2.42. The van der Waals surface area contributed by atoms with Gasteiger partial charge in [0.1, 0.15) is 5.75 Å². The minimum atomic E-state index is 0.250. The molecule has 0 radical (unpaired) electrons. The van der Waals surface area contributed by atoms with E-state index < -0.39 is 0 Å². The predicted molar refractivity (Wildman–Crippen MR) is 76.6 cm³/mol. The maximum absolute atomic E-state index is 9.41. The number of rotatable bonds is 4. The van der Waals surface area contributed by atoms with Crippen LogP contribution in [0.1, 0.15) is 11.1 Å². The average molecular weight is 256 g/mol. The highest BCUT2D eigenvalue weighted by Crippen LogP contribution is 2.31. The fraction of sp³-hybridized carbons (Fsp3) is 0.125. The number of phenolic OH excluding ortho intramolecular Hbond substituents is 1. The molecule has 0 bridgehead atoms. The van der Waals surface area contributed by atoms with E-state index in [-0.39, 0.29) is 5.75 Å². The molecule has 0 atom stereocenters. The molecule has 0 saturated carbocycles. The van der Waals surface area contributed by atoms with Gasteiger partial charge in [-0.2, -0.15) is 0 Å². The Bertz CT molecular complexity index is 588. The van der Waals surface area contributed by atoms with Gasteiger partial charge in [-0.25, -0.2) is 0 Å². The zero-order chi connectivity index (χ0) is 13.7. The minimum absolute atomic E-state index is 0.250. The number of phenols is 1. The van der Waals surface area contributed by atoms with E-state index in [0.717, 1.165) is 11.1 Å². The molecule has 0 saturated heterocycles. The number of para-hydroxylation sites is 1. The van der Waals surface area contributed by atoms with Gasteiger partial charge in [-0.1, -0.05) is 36.4 Å². The van der Waals surface area contributed by atoms with Crippen molar-refractivity contribution in [2.75, 3.05) is 14.2 Å². The molecule has 0 aliphatic carbocycles.